The van der Waals surface area contributed by atoms with Crippen molar-refractivity contribution >= 4 is 5.91 Å². The zero-order valence-corrected chi connectivity index (χ0v) is 12.9. The van der Waals surface area contributed by atoms with Crippen LogP contribution in [0.15, 0.2) is 60.9 Å². The Balaban J connectivity index is 2.06. The second-order valence-corrected chi connectivity index (χ2v) is 5.15. The Morgan fingerprint density at radius 2 is 1.87 bits per heavy atom. The van der Waals surface area contributed by atoms with E-state index in [9.17, 15) is 4.79 Å². The van der Waals surface area contributed by atoms with E-state index in [0.717, 1.165) is 23.4 Å². The molecule has 0 spiro atoms. The Morgan fingerprint density at radius 3 is 2.57 bits per heavy atom. The number of carbonyl (C=O) groups is 1. The van der Waals surface area contributed by atoms with Crippen molar-refractivity contribution in [3.63, 3.8) is 0 Å². The molecule has 2 heterocycles. The van der Waals surface area contributed by atoms with Crippen molar-refractivity contribution in [3.05, 3.63) is 66.6 Å². The molecule has 0 fully saturated rings. The van der Waals surface area contributed by atoms with Crippen molar-refractivity contribution in [3.8, 4) is 16.9 Å². The molecule has 5 nitrogen and oxygen atoms in total. The molecular formula is C18H18N4O. The Bertz CT molecular complexity index is 724. The molecule has 0 unspecified atom stereocenters. The number of pyridine rings is 1. The van der Waals surface area contributed by atoms with Gasteiger partial charge in [0.2, 0.25) is 0 Å². The van der Waals surface area contributed by atoms with Crippen molar-refractivity contribution in [1.29, 1.82) is 0 Å². The van der Waals surface area contributed by atoms with E-state index < -0.39 is 0 Å². The third-order valence-corrected chi connectivity index (χ3v) is 3.45. The van der Waals surface area contributed by atoms with E-state index in [1.165, 1.54) is 0 Å². The van der Waals surface area contributed by atoms with Gasteiger partial charge in [-0.25, -0.2) is 4.68 Å². The van der Waals surface area contributed by atoms with Gasteiger partial charge in [0.25, 0.3) is 5.91 Å². The minimum absolute atomic E-state index is 0.156. The zero-order valence-electron chi connectivity index (χ0n) is 12.9. The fraction of sp³-hybridized carbons (Fsp3) is 0.167. The Labute approximate surface area is 135 Å². The van der Waals surface area contributed by atoms with Crippen molar-refractivity contribution in [2.24, 2.45) is 0 Å². The van der Waals surface area contributed by atoms with E-state index in [0.29, 0.717) is 12.2 Å². The molecule has 1 N–H and O–H groups in total. The summed E-state index contributed by atoms with van der Waals surface area (Å²) in [5, 5.41) is 7.36. The lowest BCUT2D eigenvalue weighted by Crippen LogP contribution is -2.24. The summed E-state index contributed by atoms with van der Waals surface area (Å²) in [5.74, 6) is -0.156. The van der Waals surface area contributed by atoms with Crippen LogP contribution in [0.4, 0.5) is 0 Å². The molecule has 0 aliphatic carbocycles. The minimum Gasteiger partial charge on any atom is -0.351 e. The van der Waals surface area contributed by atoms with Crippen molar-refractivity contribution < 1.29 is 4.79 Å². The summed E-state index contributed by atoms with van der Waals surface area (Å²) >= 11 is 0. The average Bonchev–Trinajstić information content (AvgIpc) is 3.06. The molecule has 2 aromatic heterocycles. The first-order valence-corrected chi connectivity index (χ1v) is 7.63. The molecule has 0 radical (unpaired) electrons. The summed E-state index contributed by atoms with van der Waals surface area (Å²) in [7, 11) is 0. The van der Waals surface area contributed by atoms with Gasteiger partial charge in [0.15, 0.2) is 5.69 Å². The molecule has 1 amide bonds. The third-order valence-electron chi connectivity index (χ3n) is 3.45. The highest BCUT2D eigenvalue weighted by atomic mass is 16.1. The second-order valence-electron chi connectivity index (χ2n) is 5.15. The highest BCUT2D eigenvalue weighted by Crippen LogP contribution is 2.23. The van der Waals surface area contributed by atoms with Crippen LogP contribution in [0.1, 0.15) is 23.8 Å². The predicted molar refractivity (Wildman–Crippen MR) is 89.4 cm³/mol. The highest BCUT2D eigenvalue weighted by Gasteiger charge is 2.16. The number of carbonyl (C=O) groups excluding carboxylic acids is 1. The van der Waals surface area contributed by atoms with Crippen LogP contribution >= 0.6 is 0 Å². The summed E-state index contributed by atoms with van der Waals surface area (Å²) in [6, 6.07) is 15.4. The van der Waals surface area contributed by atoms with Crippen LogP contribution in [0, 0.1) is 0 Å². The first-order chi connectivity index (χ1) is 11.3. The number of aromatic nitrogens is 3. The molecule has 0 aliphatic heterocycles. The van der Waals surface area contributed by atoms with Gasteiger partial charge < -0.3 is 5.32 Å². The lowest BCUT2D eigenvalue weighted by molar-refractivity contribution is 0.0948. The summed E-state index contributed by atoms with van der Waals surface area (Å²) < 4.78 is 1.79. The highest BCUT2D eigenvalue weighted by molar-refractivity contribution is 5.93. The number of nitrogens with one attached hydrogen (secondary N) is 1. The Kier molecular flexibility index (Phi) is 4.47. The molecule has 3 rings (SSSR count). The lowest BCUT2D eigenvalue weighted by atomic mass is 10.2. The molecule has 23 heavy (non-hydrogen) atoms. The zero-order chi connectivity index (χ0) is 16.1. The molecule has 0 bridgehead atoms. The number of hydrogen-bond donors (Lipinski definition) is 1. The SMILES string of the molecule is CCCNC(=O)c1cc(-c2ccncc2)n(-c2ccccc2)n1. The van der Waals surface area contributed by atoms with Gasteiger partial charge in [-0.05, 0) is 36.8 Å². The summed E-state index contributed by atoms with van der Waals surface area (Å²) in [6.07, 6.45) is 4.35. The van der Waals surface area contributed by atoms with Gasteiger partial charge in [-0.3, -0.25) is 9.78 Å². The average molecular weight is 306 g/mol. The summed E-state index contributed by atoms with van der Waals surface area (Å²) in [6.45, 7) is 2.66. The van der Waals surface area contributed by atoms with E-state index in [1.54, 1.807) is 17.1 Å². The standard InChI is InChI=1S/C18H18N4O/c1-2-10-20-18(23)16-13-17(14-8-11-19-12-9-14)22(21-16)15-6-4-3-5-7-15/h3-9,11-13H,2,10H2,1H3,(H,20,23). The molecule has 0 saturated carbocycles. The normalized spacial score (nSPS) is 10.5. The van der Waals surface area contributed by atoms with Crippen LogP contribution in [-0.4, -0.2) is 27.2 Å². The van der Waals surface area contributed by atoms with Crippen LogP contribution < -0.4 is 5.32 Å². The molecule has 5 heteroatoms. The van der Waals surface area contributed by atoms with Crippen LogP contribution in [0.25, 0.3) is 16.9 Å². The number of amides is 1. The summed E-state index contributed by atoms with van der Waals surface area (Å²) in [4.78, 5) is 16.3. The molecule has 0 saturated heterocycles. The van der Waals surface area contributed by atoms with E-state index in [4.69, 9.17) is 0 Å². The Morgan fingerprint density at radius 1 is 1.13 bits per heavy atom. The van der Waals surface area contributed by atoms with E-state index >= 15 is 0 Å². The second kappa shape index (κ2) is 6.87. The maximum absolute atomic E-state index is 12.2. The van der Waals surface area contributed by atoms with Crippen LogP contribution in [0.2, 0.25) is 0 Å². The fourth-order valence-electron chi connectivity index (χ4n) is 2.32. The number of para-hydroxylation sites is 1. The van der Waals surface area contributed by atoms with E-state index in [2.05, 4.69) is 15.4 Å². The van der Waals surface area contributed by atoms with Crippen molar-refractivity contribution in [2.75, 3.05) is 6.54 Å². The van der Waals surface area contributed by atoms with E-state index in [1.807, 2.05) is 55.5 Å². The van der Waals surface area contributed by atoms with Gasteiger partial charge in [-0.2, -0.15) is 5.10 Å². The molecule has 116 valence electrons. The van der Waals surface area contributed by atoms with Gasteiger partial charge in [0.05, 0.1) is 11.4 Å². The summed E-state index contributed by atoms with van der Waals surface area (Å²) in [5.41, 5.74) is 3.15. The number of hydrogen-bond acceptors (Lipinski definition) is 3. The number of nitrogens with zero attached hydrogens (tertiary/aromatic N) is 3. The van der Waals surface area contributed by atoms with Gasteiger partial charge in [0.1, 0.15) is 0 Å². The first kappa shape index (κ1) is 15.0. The van der Waals surface area contributed by atoms with Crippen LogP contribution in [0.3, 0.4) is 0 Å². The molecule has 0 aliphatic rings. The lowest BCUT2D eigenvalue weighted by Gasteiger charge is -2.06. The molecule has 3 aromatic rings. The molecule has 0 atom stereocenters. The van der Waals surface area contributed by atoms with Crippen LogP contribution in [0.5, 0.6) is 0 Å². The van der Waals surface area contributed by atoms with Crippen molar-refractivity contribution in [1.82, 2.24) is 20.1 Å². The van der Waals surface area contributed by atoms with Crippen LogP contribution in [-0.2, 0) is 0 Å². The fourth-order valence-corrected chi connectivity index (χ4v) is 2.32. The topological polar surface area (TPSA) is 59.8 Å². The predicted octanol–water partition coefficient (Wildman–Crippen LogP) is 3.07. The van der Waals surface area contributed by atoms with Gasteiger partial charge in [0, 0.05) is 24.5 Å². The van der Waals surface area contributed by atoms with Gasteiger partial charge >= 0.3 is 0 Å². The number of rotatable bonds is 5. The van der Waals surface area contributed by atoms with Gasteiger partial charge in [-0.1, -0.05) is 25.1 Å². The smallest absolute Gasteiger partial charge is 0.271 e. The maximum atomic E-state index is 12.2. The largest absolute Gasteiger partial charge is 0.351 e. The first-order valence-electron chi connectivity index (χ1n) is 7.63. The van der Waals surface area contributed by atoms with Crippen molar-refractivity contribution in [2.45, 2.75) is 13.3 Å². The molecule has 1 aromatic carbocycles. The molecular weight excluding hydrogens is 288 g/mol. The monoisotopic (exact) mass is 306 g/mol. The third kappa shape index (κ3) is 3.29. The minimum atomic E-state index is -0.156. The number of benzene rings is 1. The Hall–Kier alpha value is -2.95. The maximum Gasteiger partial charge on any atom is 0.271 e. The quantitative estimate of drug-likeness (QED) is 0.788. The van der Waals surface area contributed by atoms with Gasteiger partial charge in [-0.15, -0.1) is 0 Å². The van der Waals surface area contributed by atoms with E-state index in [-0.39, 0.29) is 5.91 Å².